The molecule has 1 aromatic heterocycles. The molecule has 4 nitrogen and oxygen atoms in total. The van der Waals surface area contributed by atoms with Crippen molar-refractivity contribution in [3.05, 3.63) is 41.9 Å². The van der Waals surface area contributed by atoms with E-state index in [4.69, 9.17) is 9.72 Å². The van der Waals surface area contributed by atoms with Crippen molar-refractivity contribution < 1.29 is 17.9 Å². The Kier molecular flexibility index (Phi) is 6.85. The van der Waals surface area contributed by atoms with Crippen molar-refractivity contribution >= 4 is 8.07 Å². The number of rotatable bonds is 7. The van der Waals surface area contributed by atoms with Gasteiger partial charge < -0.3 is 14.6 Å². The molecule has 0 bridgehead atoms. The second-order valence-electron chi connectivity index (χ2n) is 8.90. The Morgan fingerprint density at radius 1 is 1.21 bits per heavy atom. The number of aromatic nitrogens is 2. The van der Waals surface area contributed by atoms with Gasteiger partial charge in [-0.1, -0.05) is 31.8 Å². The van der Waals surface area contributed by atoms with Crippen molar-refractivity contribution in [3.63, 3.8) is 0 Å². The van der Waals surface area contributed by atoms with Crippen molar-refractivity contribution in [3.8, 4) is 11.3 Å². The largest absolute Gasteiger partial charge is 0.416 e. The highest BCUT2D eigenvalue weighted by molar-refractivity contribution is 6.76. The normalized spacial score (nSPS) is 16.3. The maximum Gasteiger partial charge on any atom is 0.416 e. The van der Waals surface area contributed by atoms with E-state index in [1.807, 2.05) is 10.8 Å². The fourth-order valence-electron chi connectivity index (χ4n) is 3.47. The minimum Gasteiger partial charge on any atom is -0.361 e. The Labute approximate surface area is 171 Å². The van der Waals surface area contributed by atoms with Gasteiger partial charge in [0.25, 0.3) is 0 Å². The molecule has 0 atom stereocenters. The van der Waals surface area contributed by atoms with Crippen LogP contribution in [-0.4, -0.2) is 37.3 Å². The summed E-state index contributed by atoms with van der Waals surface area (Å²) in [6.07, 6.45) is -0.598. The summed E-state index contributed by atoms with van der Waals surface area (Å²) in [5.74, 6) is 1.20. The van der Waals surface area contributed by atoms with E-state index in [-0.39, 0.29) is 5.92 Å². The van der Waals surface area contributed by atoms with E-state index in [2.05, 4.69) is 25.0 Å². The number of hydrogen-bond acceptors (Lipinski definition) is 3. The molecule has 0 spiro atoms. The van der Waals surface area contributed by atoms with Crippen LogP contribution in [0.4, 0.5) is 13.2 Å². The van der Waals surface area contributed by atoms with Crippen LogP contribution in [0.1, 0.15) is 30.1 Å². The van der Waals surface area contributed by atoms with E-state index in [0.717, 1.165) is 43.9 Å². The summed E-state index contributed by atoms with van der Waals surface area (Å²) in [5.41, 5.74) is 0.397. The van der Waals surface area contributed by atoms with E-state index >= 15 is 0 Å². The topological polar surface area (TPSA) is 39.1 Å². The first kappa shape index (κ1) is 22.1. The first-order valence-corrected chi connectivity index (χ1v) is 13.9. The first-order valence-electron chi connectivity index (χ1n) is 10.2. The number of piperidine rings is 1. The van der Waals surface area contributed by atoms with E-state index in [1.54, 1.807) is 6.07 Å². The quantitative estimate of drug-likeness (QED) is 0.480. The van der Waals surface area contributed by atoms with Crippen molar-refractivity contribution in [2.24, 2.45) is 0 Å². The molecule has 0 radical (unpaired) electrons. The molecule has 160 valence electrons. The zero-order valence-electron chi connectivity index (χ0n) is 17.4. The van der Waals surface area contributed by atoms with Gasteiger partial charge in [-0.3, -0.25) is 0 Å². The smallest absolute Gasteiger partial charge is 0.361 e. The molecule has 0 aliphatic carbocycles. The maximum absolute atomic E-state index is 13.1. The molecule has 2 aromatic rings. The molecule has 1 N–H and O–H groups in total. The van der Waals surface area contributed by atoms with Gasteiger partial charge in [-0.05, 0) is 44.1 Å². The van der Waals surface area contributed by atoms with Crippen LogP contribution in [0.3, 0.4) is 0 Å². The zero-order chi connectivity index (χ0) is 21.1. The van der Waals surface area contributed by atoms with E-state index in [0.29, 0.717) is 24.6 Å². The summed E-state index contributed by atoms with van der Waals surface area (Å²) in [6, 6.07) is 6.45. The summed E-state index contributed by atoms with van der Waals surface area (Å²) in [4.78, 5) is 4.75. The van der Waals surface area contributed by atoms with Gasteiger partial charge in [0.1, 0.15) is 12.6 Å². The van der Waals surface area contributed by atoms with E-state index in [1.165, 1.54) is 12.1 Å². The standard InChI is InChI=1S/C21H30F3N3OSi/c1-29(2,3)12-11-28-15-27-14-19(26-20(27)16-7-9-25-10-8-16)17-5-4-6-18(13-17)21(22,23)24/h4-6,13-14,16,25H,7-12,15H2,1-3H3. The number of imidazole rings is 1. The number of halogens is 3. The van der Waals surface area contributed by atoms with Gasteiger partial charge in [0.05, 0.1) is 11.3 Å². The van der Waals surface area contributed by atoms with Crippen LogP contribution in [0, 0.1) is 0 Å². The van der Waals surface area contributed by atoms with Crippen LogP contribution in [0.5, 0.6) is 0 Å². The number of ether oxygens (including phenoxy) is 1. The molecule has 2 heterocycles. The number of nitrogens with one attached hydrogen (secondary N) is 1. The predicted octanol–water partition coefficient (Wildman–Crippen LogP) is 5.35. The molecule has 29 heavy (non-hydrogen) atoms. The molecule has 3 rings (SSSR count). The highest BCUT2D eigenvalue weighted by Gasteiger charge is 2.31. The number of alkyl halides is 3. The van der Waals surface area contributed by atoms with E-state index in [9.17, 15) is 13.2 Å². The summed E-state index contributed by atoms with van der Waals surface area (Å²) in [5, 5.41) is 3.35. The molecule has 0 unspecified atom stereocenters. The lowest BCUT2D eigenvalue weighted by molar-refractivity contribution is -0.137. The van der Waals surface area contributed by atoms with Crippen molar-refractivity contribution in [2.45, 2.75) is 57.4 Å². The van der Waals surface area contributed by atoms with Crippen molar-refractivity contribution in [1.29, 1.82) is 0 Å². The predicted molar refractivity (Wildman–Crippen MR) is 112 cm³/mol. The van der Waals surface area contributed by atoms with Gasteiger partial charge in [-0.2, -0.15) is 13.2 Å². The van der Waals surface area contributed by atoms with Crippen LogP contribution in [0.2, 0.25) is 25.7 Å². The molecule has 1 aromatic carbocycles. The third-order valence-electron chi connectivity index (χ3n) is 5.22. The maximum atomic E-state index is 13.1. The second-order valence-corrected chi connectivity index (χ2v) is 14.5. The highest BCUT2D eigenvalue weighted by Crippen LogP contribution is 2.33. The molecule has 1 aliphatic heterocycles. The van der Waals surface area contributed by atoms with Crippen LogP contribution in [0.15, 0.2) is 30.5 Å². The van der Waals surface area contributed by atoms with Gasteiger partial charge in [0, 0.05) is 32.4 Å². The van der Waals surface area contributed by atoms with Gasteiger partial charge >= 0.3 is 6.18 Å². The molecule has 0 amide bonds. The van der Waals surface area contributed by atoms with Gasteiger partial charge in [0.2, 0.25) is 0 Å². The van der Waals surface area contributed by atoms with Gasteiger partial charge in [-0.25, -0.2) is 4.98 Å². The number of hydrogen-bond donors (Lipinski definition) is 1. The average molecular weight is 426 g/mol. The number of benzene rings is 1. The fraction of sp³-hybridized carbons (Fsp3) is 0.571. The molecule has 1 saturated heterocycles. The fourth-order valence-corrected chi connectivity index (χ4v) is 4.23. The Morgan fingerprint density at radius 3 is 2.59 bits per heavy atom. The lowest BCUT2D eigenvalue weighted by Gasteiger charge is -2.23. The number of nitrogens with zero attached hydrogens (tertiary/aromatic N) is 2. The molecule has 8 heteroatoms. The van der Waals surface area contributed by atoms with Crippen LogP contribution >= 0.6 is 0 Å². The Hall–Kier alpha value is -1.64. The van der Waals surface area contributed by atoms with Crippen LogP contribution < -0.4 is 5.32 Å². The summed E-state index contributed by atoms with van der Waals surface area (Å²) >= 11 is 0. The Bertz CT molecular complexity index is 808. The zero-order valence-corrected chi connectivity index (χ0v) is 18.4. The molecule has 0 saturated carbocycles. The third kappa shape index (κ3) is 6.17. The van der Waals surface area contributed by atoms with Gasteiger partial charge in [0.15, 0.2) is 0 Å². The summed E-state index contributed by atoms with van der Waals surface area (Å²) in [7, 11) is -1.18. The highest BCUT2D eigenvalue weighted by atomic mass is 28.3. The first-order chi connectivity index (χ1) is 13.6. The Balaban J connectivity index is 1.84. The average Bonchev–Trinajstić information content (AvgIpc) is 3.09. The molecule has 1 aliphatic rings. The molecule has 1 fully saturated rings. The SMILES string of the molecule is C[Si](C)(C)CCOCn1cc(-c2cccc(C(F)(F)F)c2)nc1C1CCNCC1. The lowest BCUT2D eigenvalue weighted by atomic mass is 9.97. The van der Waals surface area contributed by atoms with Crippen molar-refractivity contribution in [1.82, 2.24) is 14.9 Å². The third-order valence-corrected chi connectivity index (χ3v) is 6.93. The lowest BCUT2D eigenvalue weighted by Crippen LogP contribution is -2.28. The minimum atomic E-state index is -4.36. The van der Waals surface area contributed by atoms with Gasteiger partial charge in [-0.15, -0.1) is 0 Å². The minimum absolute atomic E-state index is 0.288. The monoisotopic (exact) mass is 425 g/mol. The van der Waals surface area contributed by atoms with Crippen molar-refractivity contribution in [2.75, 3.05) is 19.7 Å². The second kappa shape index (κ2) is 9.02. The van der Waals surface area contributed by atoms with Crippen LogP contribution in [-0.2, 0) is 17.6 Å². The van der Waals surface area contributed by atoms with E-state index < -0.39 is 19.8 Å². The van der Waals surface area contributed by atoms with Crippen LogP contribution in [0.25, 0.3) is 11.3 Å². The Morgan fingerprint density at radius 2 is 1.93 bits per heavy atom. The molecular weight excluding hydrogens is 395 g/mol. The summed E-state index contributed by atoms with van der Waals surface area (Å²) in [6.45, 7) is 9.84. The molecular formula is C21H30F3N3OSi. The summed E-state index contributed by atoms with van der Waals surface area (Å²) < 4.78 is 47.2.